The van der Waals surface area contributed by atoms with Crippen LogP contribution < -0.4 is 0 Å². The highest BCUT2D eigenvalue weighted by Gasteiger charge is 2.18. The van der Waals surface area contributed by atoms with Crippen LogP contribution in [0.25, 0.3) is 0 Å². The van der Waals surface area contributed by atoms with Gasteiger partial charge in [-0.1, -0.05) is 6.92 Å². The lowest BCUT2D eigenvalue weighted by molar-refractivity contribution is -0.144. The molecule has 0 saturated heterocycles. The van der Waals surface area contributed by atoms with E-state index in [2.05, 4.69) is 0 Å². The number of hydrogen-bond acceptors (Lipinski definition) is 2. The van der Waals surface area contributed by atoms with Gasteiger partial charge in [-0.2, -0.15) is 0 Å². The largest absolute Gasteiger partial charge is 0.462 e. The minimum atomic E-state index is -0.139. The highest BCUT2D eigenvalue weighted by Crippen LogP contribution is 2.21. The van der Waals surface area contributed by atoms with Crippen LogP contribution in [0.1, 0.15) is 39.0 Å². The Labute approximate surface area is 67.9 Å². The summed E-state index contributed by atoms with van der Waals surface area (Å²) in [7, 11) is 0. The number of hydrogen-bond donors (Lipinski definition) is 0. The molecule has 0 aromatic heterocycles. The Balaban J connectivity index is 2.13. The molecule has 1 radical (unpaired) electrons. The van der Waals surface area contributed by atoms with E-state index in [9.17, 15) is 4.79 Å². The number of carbonyl (C=O) groups excluding carboxylic acids is 1. The molecule has 1 saturated carbocycles. The monoisotopic (exact) mass is 155 g/mol. The third kappa shape index (κ3) is 2.91. The molecule has 1 aliphatic carbocycles. The van der Waals surface area contributed by atoms with Crippen LogP contribution in [0.15, 0.2) is 0 Å². The molecule has 0 unspecified atom stereocenters. The number of esters is 1. The molecule has 1 aliphatic rings. The first kappa shape index (κ1) is 8.57. The molecule has 0 bridgehead atoms. The van der Waals surface area contributed by atoms with Crippen molar-refractivity contribution >= 4 is 5.97 Å². The first-order valence-electron chi connectivity index (χ1n) is 4.36. The first-order chi connectivity index (χ1) is 5.33. The zero-order valence-corrected chi connectivity index (χ0v) is 7.01. The summed E-state index contributed by atoms with van der Waals surface area (Å²) >= 11 is 0. The molecule has 0 heterocycles. The van der Waals surface area contributed by atoms with Crippen molar-refractivity contribution in [2.24, 2.45) is 0 Å². The molecule has 2 heteroatoms. The zero-order chi connectivity index (χ0) is 8.10. The molecule has 11 heavy (non-hydrogen) atoms. The van der Waals surface area contributed by atoms with Crippen molar-refractivity contribution in [1.29, 1.82) is 0 Å². The van der Waals surface area contributed by atoms with E-state index in [0.717, 1.165) is 19.3 Å². The maximum absolute atomic E-state index is 10.9. The van der Waals surface area contributed by atoms with Crippen LogP contribution in [-0.2, 0) is 9.53 Å². The van der Waals surface area contributed by atoms with E-state index < -0.39 is 0 Å². The van der Waals surface area contributed by atoms with E-state index in [1.807, 2.05) is 6.92 Å². The van der Waals surface area contributed by atoms with Gasteiger partial charge in [0.15, 0.2) is 0 Å². The normalized spacial score (nSPS) is 18.6. The van der Waals surface area contributed by atoms with Crippen LogP contribution in [0.3, 0.4) is 0 Å². The molecule has 1 rings (SSSR count). The van der Waals surface area contributed by atoms with E-state index in [-0.39, 0.29) is 12.1 Å². The summed E-state index contributed by atoms with van der Waals surface area (Å²) in [5, 5.41) is 0. The SMILES string of the molecule is CC[CH]C(=O)OC1CCCC1. The van der Waals surface area contributed by atoms with E-state index in [1.165, 1.54) is 12.8 Å². The number of rotatable bonds is 3. The molecule has 0 atom stereocenters. The topological polar surface area (TPSA) is 26.3 Å². The van der Waals surface area contributed by atoms with Gasteiger partial charge in [0.25, 0.3) is 0 Å². The Morgan fingerprint density at radius 1 is 1.55 bits per heavy atom. The molecular formula is C9H15O2. The summed E-state index contributed by atoms with van der Waals surface area (Å²) in [5.74, 6) is -0.139. The Bertz CT molecular complexity index is 126. The highest BCUT2D eigenvalue weighted by atomic mass is 16.5. The molecule has 1 fully saturated rings. The van der Waals surface area contributed by atoms with Crippen LogP contribution in [0.2, 0.25) is 0 Å². The molecule has 63 valence electrons. The van der Waals surface area contributed by atoms with Gasteiger partial charge in [-0.05, 0) is 32.1 Å². The molecular weight excluding hydrogens is 140 g/mol. The van der Waals surface area contributed by atoms with Crippen molar-refractivity contribution < 1.29 is 9.53 Å². The first-order valence-corrected chi connectivity index (χ1v) is 4.36. The van der Waals surface area contributed by atoms with Crippen LogP contribution in [-0.4, -0.2) is 12.1 Å². The van der Waals surface area contributed by atoms with Gasteiger partial charge in [0.05, 0.1) is 6.42 Å². The van der Waals surface area contributed by atoms with Crippen LogP contribution >= 0.6 is 0 Å². The highest BCUT2D eigenvalue weighted by molar-refractivity contribution is 5.78. The summed E-state index contributed by atoms with van der Waals surface area (Å²) < 4.78 is 5.16. The maximum Gasteiger partial charge on any atom is 0.310 e. The fraction of sp³-hybridized carbons (Fsp3) is 0.778. The van der Waals surface area contributed by atoms with Gasteiger partial charge in [-0.15, -0.1) is 0 Å². The van der Waals surface area contributed by atoms with E-state index in [4.69, 9.17) is 4.74 Å². The van der Waals surface area contributed by atoms with Crippen LogP contribution in [0.4, 0.5) is 0 Å². The Morgan fingerprint density at radius 2 is 2.18 bits per heavy atom. The molecule has 0 aliphatic heterocycles. The number of ether oxygens (including phenoxy) is 1. The van der Waals surface area contributed by atoms with Gasteiger partial charge in [0.1, 0.15) is 6.10 Å². The van der Waals surface area contributed by atoms with Crippen molar-refractivity contribution in [2.75, 3.05) is 0 Å². The van der Waals surface area contributed by atoms with E-state index >= 15 is 0 Å². The summed E-state index contributed by atoms with van der Waals surface area (Å²) in [5.41, 5.74) is 0. The summed E-state index contributed by atoms with van der Waals surface area (Å²) in [4.78, 5) is 10.9. The molecule has 2 nitrogen and oxygen atoms in total. The molecule has 0 aromatic carbocycles. The van der Waals surface area contributed by atoms with Crippen molar-refractivity contribution in [1.82, 2.24) is 0 Å². The van der Waals surface area contributed by atoms with Gasteiger partial charge in [-0.25, -0.2) is 0 Å². The average molecular weight is 155 g/mol. The second kappa shape index (κ2) is 4.37. The van der Waals surface area contributed by atoms with Gasteiger partial charge < -0.3 is 4.74 Å². The minimum Gasteiger partial charge on any atom is -0.462 e. The average Bonchev–Trinajstić information content (AvgIpc) is 2.40. The minimum absolute atomic E-state index is 0.139. The van der Waals surface area contributed by atoms with Gasteiger partial charge in [0.2, 0.25) is 0 Å². The van der Waals surface area contributed by atoms with Crippen molar-refractivity contribution in [3.63, 3.8) is 0 Å². The van der Waals surface area contributed by atoms with Gasteiger partial charge in [0, 0.05) is 0 Å². The maximum atomic E-state index is 10.9. The van der Waals surface area contributed by atoms with E-state index in [1.54, 1.807) is 6.42 Å². The van der Waals surface area contributed by atoms with Gasteiger partial charge in [-0.3, -0.25) is 4.79 Å². The third-order valence-electron chi connectivity index (χ3n) is 1.96. The zero-order valence-electron chi connectivity index (χ0n) is 7.01. The Morgan fingerprint density at radius 3 is 2.73 bits per heavy atom. The Kier molecular flexibility index (Phi) is 3.40. The summed E-state index contributed by atoms with van der Waals surface area (Å²) in [6.07, 6.45) is 7.12. The smallest absolute Gasteiger partial charge is 0.310 e. The van der Waals surface area contributed by atoms with E-state index in [0.29, 0.717) is 0 Å². The lowest BCUT2D eigenvalue weighted by atomic mass is 10.3. The number of carbonyl (C=O) groups is 1. The fourth-order valence-corrected chi connectivity index (χ4v) is 1.39. The quantitative estimate of drug-likeness (QED) is 0.583. The Hall–Kier alpha value is -0.530. The van der Waals surface area contributed by atoms with Crippen LogP contribution in [0.5, 0.6) is 0 Å². The van der Waals surface area contributed by atoms with Crippen molar-refractivity contribution in [3.8, 4) is 0 Å². The molecule has 0 aromatic rings. The molecule has 0 amide bonds. The molecule has 0 N–H and O–H groups in total. The second-order valence-corrected chi connectivity index (χ2v) is 2.96. The predicted molar refractivity (Wildman–Crippen MR) is 42.9 cm³/mol. The predicted octanol–water partition coefficient (Wildman–Crippen LogP) is 2.09. The second-order valence-electron chi connectivity index (χ2n) is 2.96. The lowest BCUT2D eigenvalue weighted by Crippen LogP contribution is -2.14. The third-order valence-corrected chi connectivity index (χ3v) is 1.96. The van der Waals surface area contributed by atoms with Crippen molar-refractivity contribution in [3.05, 3.63) is 6.42 Å². The lowest BCUT2D eigenvalue weighted by Gasteiger charge is -2.09. The van der Waals surface area contributed by atoms with Gasteiger partial charge >= 0.3 is 5.97 Å². The fourth-order valence-electron chi connectivity index (χ4n) is 1.39. The summed E-state index contributed by atoms with van der Waals surface area (Å²) in [6.45, 7) is 1.94. The van der Waals surface area contributed by atoms with Crippen LogP contribution in [0, 0.1) is 6.42 Å². The summed E-state index contributed by atoms with van der Waals surface area (Å²) in [6, 6.07) is 0. The standard InChI is InChI=1S/C9H15O2/c1-2-5-9(10)11-8-6-3-4-7-8/h5,8H,2-4,6-7H2,1H3. The van der Waals surface area contributed by atoms with Crippen molar-refractivity contribution in [2.45, 2.75) is 45.1 Å². The molecule has 0 spiro atoms.